The Morgan fingerprint density at radius 1 is 0.862 bits per heavy atom. The SMILES string of the molecule is Cc1cccc(C(C)C)c1Nc1ccnc(N2CCN(c3ccccc3)CC2)n1. The molecule has 3 aromatic rings. The van der Waals surface area contributed by atoms with Crippen LogP contribution in [-0.4, -0.2) is 36.1 Å². The lowest BCUT2D eigenvalue weighted by atomic mass is 9.98. The van der Waals surface area contributed by atoms with Gasteiger partial charge < -0.3 is 15.1 Å². The highest BCUT2D eigenvalue weighted by atomic mass is 15.3. The molecule has 1 saturated heterocycles. The van der Waals surface area contributed by atoms with Gasteiger partial charge in [-0.25, -0.2) is 4.98 Å². The Morgan fingerprint density at radius 3 is 2.31 bits per heavy atom. The average Bonchev–Trinajstić information content (AvgIpc) is 2.76. The number of benzene rings is 2. The van der Waals surface area contributed by atoms with Crippen LogP contribution in [0.1, 0.15) is 30.9 Å². The number of nitrogens with one attached hydrogen (secondary N) is 1. The van der Waals surface area contributed by atoms with Crippen LogP contribution in [-0.2, 0) is 0 Å². The van der Waals surface area contributed by atoms with Gasteiger partial charge in [0.2, 0.25) is 5.95 Å². The third kappa shape index (κ3) is 4.34. The molecule has 4 rings (SSSR count). The van der Waals surface area contributed by atoms with E-state index in [4.69, 9.17) is 4.98 Å². The third-order valence-electron chi connectivity index (χ3n) is 5.51. The van der Waals surface area contributed by atoms with E-state index in [9.17, 15) is 0 Å². The lowest BCUT2D eigenvalue weighted by molar-refractivity contribution is 0.640. The fourth-order valence-electron chi connectivity index (χ4n) is 3.84. The van der Waals surface area contributed by atoms with Crippen molar-refractivity contribution in [2.45, 2.75) is 26.7 Å². The Labute approximate surface area is 173 Å². The van der Waals surface area contributed by atoms with E-state index in [2.05, 4.69) is 89.4 Å². The fraction of sp³-hybridized carbons (Fsp3) is 0.333. The second-order valence-corrected chi connectivity index (χ2v) is 7.87. The fourth-order valence-corrected chi connectivity index (χ4v) is 3.84. The average molecular weight is 388 g/mol. The van der Waals surface area contributed by atoms with Crippen molar-refractivity contribution in [1.29, 1.82) is 0 Å². The van der Waals surface area contributed by atoms with Gasteiger partial charge in [0.1, 0.15) is 5.82 Å². The summed E-state index contributed by atoms with van der Waals surface area (Å²) in [6.45, 7) is 10.4. The summed E-state index contributed by atoms with van der Waals surface area (Å²) in [5, 5.41) is 3.55. The lowest BCUT2D eigenvalue weighted by Crippen LogP contribution is -2.47. The molecule has 1 N–H and O–H groups in total. The van der Waals surface area contributed by atoms with Gasteiger partial charge in [-0.3, -0.25) is 0 Å². The number of aromatic nitrogens is 2. The first-order chi connectivity index (χ1) is 14.1. The van der Waals surface area contributed by atoms with Crippen molar-refractivity contribution >= 4 is 23.1 Å². The molecule has 1 aliphatic heterocycles. The van der Waals surface area contributed by atoms with E-state index >= 15 is 0 Å². The molecule has 0 radical (unpaired) electrons. The van der Waals surface area contributed by atoms with E-state index in [-0.39, 0.29) is 0 Å². The van der Waals surface area contributed by atoms with Crippen LogP contribution in [0, 0.1) is 6.92 Å². The zero-order chi connectivity index (χ0) is 20.2. The molecule has 29 heavy (non-hydrogen) atoms. The number of aryl methyl sites for hydroxylation is 1. The summed E-state index contributed by atoms with van der Waals surface area (Å²) in [5.74, 6) is 2.09. The standard InChI is InChI=1S/C24H29N5/c1-18(2)21-11-7-8-19(3)23(21)26-22-12-13-25-24(27-22)29-16-14-28(15-17-29)20-9-5-4-6-10-20/h4-13,18H,14-17H2,1-3H3,(H,25,26,27). The maximum Gasteiger partial charge on any atom is 0.227 e. The maximum atomic E-state index is 4.82. The van der Waals surface area contributed by atoms with Crippen molar-refractivity contribution in [1.82, 2.24) is 9.97 Å². The van der Waals surface area contributed by atoms with Crippen LogP contribution in [0.25, 0.3) is 0 Å². The summed E-state index contributed by atoms with van der Waals surface area (Å²) >= 11 is 0. The molecule has 0 saturated carbocycles. The smallest absolute Gasteiger partial charge is 0.227 e. The van der Waals surface area contributed by atoms with Gasteiger partial charge in [0.05, 0.1) is 0 Å². The highest BCUT2D eigenvalue weighted by Gasteiger charge is 2.19. The van der Waals surface area contributed by atoms with Crippen molar-refractivity contribution in [2.24, 2.45) is 0 Å². The molecule has 0 unspecified atom stereocenters. The Bertz CT molecular complexity index is 946. The van der Waals surface area contributed by atoms with Crippen LogP contribution in [0.4, 0.5) is 23.1 Å². The molecule has 0 aliphatic carbocycles. The first kappa shape index (κ1) is 19.2. The third-order valence-corrected chi connectivity index (χ3v) is 5.51. The number of rotatable bonds is 5. The van der Waals surface area contributed by atoms with Crippen LogP contribution in [0.5, 0.6) is 0 Å². The molecular formula is C24H29N5. The minimum atomic E-state index is 0.449. The second-order valence-electron chi connectivity index (χ2n) is 7.87. The molecule has 5 heteroatoms. The molecule has 1 aromatic heterocycles. The molecule has 2 heterocycles. The highest BCUT2D eigenvalue weighted by Crippen LogP contribution is 2.30. The van der Waals surface area contributed by atoms with E-state index in [1.165, 1.54) is 16.8 Å². The van der Waals surface area contributed by atoms with Crippen molar-refractivity contribution in [3.8, 4) is 0 Å². The van der Waals surface area contributed by atoms with Gasteiger partial charge in [-0.05, 0) is 42.2 Å². The van der Waals surface area contributed by atoms with Gasteiger partial charge in [-0.2, -0.15) is 4.98 Å². The summed E-state index contributed by atoms with van der Waals surface area (Å²) < 4.78 is 0. The number of hydrogen-bond donors (Lipinski definition) is 1. The summed E-state index contributed by atoms with van der Waals surface area (Å²) in [7, 11) is 0. The van der Waals surface area contributed by atoms with Gasteiger partial charge in [-0.15, -0.1) is 0 Å². The number of piperazine rings is 1. The second kappa shape index (κ2) is 8.52. The minimum Gasteiger partial charge on any atom is -0.368 e. The van der Waals surface area contributed by atoms with E-state index in [1.807, 2.05) is 12.3 Å². The molecule has 150 valence electrons. The number of para-hydroxylation sites is 2. The first-order valence-electron chi connectivity index (χ1n) is 10.4. The highest BCUT2D eigenvalue weighted by molar-refractivity contribution is 5.66. The zero-order valence-corrected chi connectivity index (χ0v) is 17.5. The molecular weight excluding hydrogens is 358 g/mol. The largest absolute Gasteiger partial charge is 0.368 e. The van der Waals surface area contributed by atoms with Crippen LogP contribution < -0.4 is 15.1 Å². The topological polar surface area (TPSA) is 44.3 Å². The number of nitrogens with zero attached hydrogens (tertiary/aromatic N) is 4. The predicted octanol–water partition coefficient (Wildman–Crippen LogP) is 4.98. The Kier molecular flexibility index (Phi) is 5.65. The molecule has 0 amide bonds. The maximum absolute atomic E-state index is 4.82. The van der Waals surface area contributed by atoms with Crippen molar-refractivity contribution in [2.75, 3.05) is 41.3 Å². The van der Waals surface area contributed by atoms with Crippen LogP contribution in [0.2, 0.25) is 0 Å². The van der Waals surface area contributed by atoms with Gasteiger partial charge in [-0.1, -0.05) is 50.2 Å². The predicted molar refractivity (Wildman–Crippen MR) is 121 cm³/mol. The molecule has 2 aromatic carbocycles. The van der Waals surface area contributed by atoms with Crippen molar-refractivity contribution in [3.63, 3.8) is 0 Å². The lowest BCUT2D eigenvalue weighted by Gasteiger charge is -2.36. The molecule has 0 atom stereocenters. The summed E-state index contributed by atoms with van der Waals surface area (Å²) in [6, 6.07) is 19.0. The van der Waals surface area contributed by atoms with Crippen molar-refractivity contribution < 1.29 is 0 Å². The zero-order valence-electron chi connectivity index (χ0n) is 17.5. The molecule has 1 aliphatic rings. The number of hydrogen-bond acceptors (Lipinski definition) is 5. The van der Waals surface area contributed by atoms with Gasteiger partial charge >= 0.3 is 0 Å². The minimum absolute atomic E-state index is 0.449. The van der Waals surface area contributed by atoms with Gasteiger partial charge in [0, 0.05) is 43.8 Å². The van der Waals surface area contributed by atoms with E-state index in [0.717, 1.165) is 43.6 Å². The number of anilines is 4. The molecule has 1 fully saturated rings. The quantitative estimate of drug-likeness (QED) is 0.669. The molecule has 5 nitrogen and oxygen atoms in total. The van der Waals surface area contributed by atoms with E-state index < -0.39 is 0 Å². The van der Waals surface area contributed by atoms with Crippen LogP contribution in [0.3, 0.4) is 0 Å². The Balaban J connectivity index is 1.48. The summed E-state index contributed by atoms with van der Waals surface area (Å²) in [4.78, 5) is 14.0. The van der Waals surface area contributed by atoms with Crippen LogP contribution >= 0.6 is 0 Å². The van der Waals surface area contributed by atoms with Crippen molar-refractivity contribution in [3.05, 3.63) is 71.9 Å². The Morgan fingerprint density at radius 2 is 1.59 bits per heavy atom. The normalized spacial score (nSPS) is 14.3. The van der Waals surface area contributed by atoms with E-state index in [0.29, 0.717) is 5.92 Å². The van der Waals surface area contributed by atoms with Gasteiger partial charge in [0.25, 0.3) is 0 Å². The summed E-state index contributed by atoms with van der Waals surface area (Å²) in [6.07, 6.45) is 1.85. The van der Waals surface area contributed by atoms with Gasteiger partial charge in [0.15, 0.2) is 0 Å². The molecule has 0 spiro atoms. The Hall–Kier alpha value is -3.08. The molecule has 0 bridgehead atoms. The van der Waals surface area contributed by atoms with E-state index in [1.54, 1.807) is 0 Å². The summed E-state index contributed by atoms with van der Waals surface area (Å²) in [5.41, 5.74) is 4.97. The monoisotopic (exact) mass is 387 g/mol. The first-order valence-corrected chi connectivity index (χ1v) is 10.4. The van der Waals surface area contributed by atoms with Crippen LogP contribution in [0.15, 0.2) is 60.8 Å².